The summed E-state index contributed by atoms with van der Waals surface area (Å²) in [5.74, 6) is 3.72. The van der Waals surface area contributed by atoms with Crippen molar-refractivity contribution >= 4 is 0 Å². The summed E-state index contributed by atoms with van der Waals surface area (Å²) in [6.07, 6.45) is 4.88. The van der Waals surface area contributed by atoms with Crippen molar-refractivity contribution in [3.63, 3.8) is 0 Å². The topological polar surface area (TPSA) is 42.4 Å². The zero-order valence-electron chi connectivity index (χ0n) is 12.1. The van der Waals surface area contributed by atoms with Crippen LogP contribution in [0.3, 0.4) is 0 Å². The molecule has 0 bridgehead atoms. The first-order valence-electron chi connectivity index (χ1n) is 7.80. The van der Waals surface area contributed by atoms with Gasteiger partial charge in [0.05, 0.1) is 6.04 Å². The van der Waals surface area contributed by atoms with Crippen LogP contribution < -0.4 is 5.73 Å². The Kier molecular flexibility index (Phi) is 3.68. The van der Waals surface area contributed by atoms with E-state index in [9.17, 15) is 0 Å². The van der Waals surface area contributed by atoms with E-state index in [1.165, 1.54) is 25.0 Å². The molecule has 1 aliphatic heterocycles. The molecule has 1 aliphatic carbocycles. The van der Waals surface area contributed by atoms with Gasteiger partial charge in [-0.25, -0.2) is 0 Å². The molecule has 3 rings (SSSR count). The first-order chi connectivity index (χ1) is 9.20. The Labute approximate surface area is 116 Å². The normalized spacial score (nSPS) is 36.2. The number of likely N-dealkylation sites (tertiary alicyclic amines) is 1. The molecule has 0 spiro atoms. The zero-order valence-corrected chi connectivity index (χ0v) is 12.1. The van der Waals surface area contributed by atoms with Crippen molar-refractivity contribution in [3.05, 3.63) is 23.7 Å². The molecule has 1 saturated heterocycles. The number of rotatable bonds is 3. The molecule has 4 unspecified atom stereocenters. The Balaban J connectivity index is 1.82. The highest BCUT2D eigenvalue weighted by molar-refractivity contribution is 5.20. The van der Waals surface area contributed by atoms with Gasteiger partial charge in [-0.15, -0.1) is 0 Å². The monoisotopic (exact) mass is 262 g/mol. The van der Waals surface area contributed by atoms with E-state index in [1.54, 1.807) is 0 Å². The average molecular weight is 262 g/mol. The predicted molar refractivity (Wildman–Crippen MR) is 77.0 cm³/mol. The predicted octanol–water partition coefficient (Wildman–Crippen LogP) is 3.28. The minimum absolute atomic E-state index is 0.207. The maximum Gasteiger partial charge on any atom is 0.122 e. The maximum absolute atomic E-state index is 6.40. The Morgan fingerprint density at radius 3 is 2.74 bits per heavy atom. The van der Waals surface area contributed by atoms with Crippen molar-refractivity contribution in [1.82, 2.24) is 4.90 Å². The Morgan fingerprint density at radius 2 is 2.05 bits per heavy atom. The molecular weight excluding hydrogens is 236 g/mol. The van der Waals surface area contributed by atoms with Gasteiger partial charge in [0.1, 0.15) is 11.5 Å². The van der Waals surface area contributed by atoms with Gasteiger partial charge >= 0.3 is 0 Å². The fraction of sp³-hybridized carbons (Fsp3) is 0.750. The third kappa shape index (κ3) is 2.59. The summed E-state index contributed by atoms with van der Waals surface area (Å²) in [5, 5.41) is 0. The summed E-state index contributed by atoms with van der Waals surface area (Å²) in [4.78, 5) is 2.48. The molecule has 1 saturated carbocycles. The van der Waals surface area contributed by atoms with Gasteiger partial charge in [-0.1, -0.05) is 20.3 Å². The first-order valence-corrected chi connectivity index (χ1v) is 7.80. The van der Waals surface area contributed by atoms with Crippen LogP contribution in [-0.2, 0) is 0 Å². The number of furan rings is 1. The average Bonchev–Trinajstić information content (AvgIpc) is 2.99. The van der Waals surface area contributed by atoms with Crippen molar-refractivity contribution in [2.75, 3.05) is 13.1 Å². The lowest BCUT2D eigenvalue weighted by molar-refractivity contribution is 0.169. The van der Waals surface area contributed by atoms with Crippen LogP contribution in [0.1, 0.15) is 63.0 Å². The van der Waals surface area contributed by atoms with E-state index in [0.717, 1.165) is 31.2 Å². The highest BCUT2D eigenvalue weighted by atomic mass is 16.3. The quantitative estimate of drug-likeness (QED) is 0.909. The Morgan fingerprint density at radius 1 is 1.32 bits per heavy atom. The summed E-state index contributed by atoms with van der Waals surface area (Å²) < 4.78 is 6.15. The second-order valence-electron chi connectivity index (χ2n) is 6.29. The lowest BCUT2D eigenvalue weighted by Gasteiger charge is -2.30. The molecule has 3 nitrogen and oxygen atoms in total. The number of nitrogens with zero attached hydrogens (tertiary/aromatic N) is 1. The molecule has 106 valence electrons. The van der Waals surface area contributed by atoms with Crippen molar-refractivity contribution in [2.45, 2.75) is 57.5 Å². The summed E-state index contributed by atoms with van der Waals surface area (Å²) in [5.41, 5.74) is 6.40. The van der Waals surface area contributed by atoms with Crippen LogP contribution in [-0.4, -0.2) is 24.0 Å². The van der Waals surface area contributed by atoms with Crippen molar-refractivity contribution in [2.24, 2.45) is 11.7 Å². The number of hydrogen-bond acceptors (Lipinski definition) is 3. The largest absolute Gasteiger partial charge is 0.464 e. The minimum atomic E-state index is 0.207. The molecule has 2 heterocycles. The summed E-state index contributed by atoms with van der Waals surface area (Å²) in [6.45, 7) is 6.71. The molecule has 2 aliphatic rings. The second kappa shape index (κ2) is 5.29. The van der Waals surface area contributed by atoms with Crippen molar-refractivity contribution in [3.8, 4) is 0 Å². The zero-order chi connectivity index (χ0) is 13.4. The molecule has 19 heavy (non-hydrogen) atoms. The van der Waals surface area contributed by atoms with Crippen LogP contribution >= 0.6 is 0 Å². The molecule has 4 atom stereocenters. The van der Waals surface area contributed by atoms with E-state index in [2.05, 4.69) is 30.9 Å². The van der Waals surface area contributed by atoms with Gasteiger partial charge < -0.3 is 10.2 Å². The molecule has 0 radical (unpaired) electrons. The number of hydrogen-bond donors (Lipinski definition) is 1. The van der Waals surface area contributed by atoms with E-state index >= 15 is 0 Å². The molecule has 1 aromatic heterocycles. The van der Waals surface area contributed by atoms with Crippen LogP contribution in [0, 0.1) is 5.92 Å². The standard InChI is InChI=1S/C16H26N2O/c1-3-18-9-5-4-6-13(17)16(18)15-8-7-14(19-15)12-10-11(12)2/h7-8,11-13,16H,3-6,9-10,17H2,1-2H3. The molecular formula is C16H26N2O. The third-order valence-electron chi connectivity index (χ3n) is 4.85. The highest BCUT2D eigenvalue weighted by Gasteiger charge is 2.38. The van der Waals surface area contributed by atoms with Crippen LogP contribution in [0.2, 0.25) is 0 Å². The van der Waals surface area contributed by atoms with Crippen molar-refractivity contribution in [1.29, 1.82) is 0 Å². The van der Waals surface area contributed by atoms with Gasteiger partial charge in [0.15, 0.2) is 0 Å². The number of likely N-dealkylation sites (N-methyl/N-ethyl adjacent to an activating group) is 1. The molecule has 3 heteroatoms. The summed E-state index contributed by atoms with van der Waals surface area (Å²) in [6, 6.07) is 4.82. The highest BCUT2D eigenvalue weighted by Crippen LogP contribution is 2.48. The fourth-order valence-electron chi connectivity index (χ4n) is 3.45. The van der Waals surface area contributed by atoms with Crippen LogP contribution in [0.15, 0.2) is 16.5 Å². The van der Waals surface area contributed by atoms with E-state index in [1.807, 2.05) is 0 Å². The van der Waals surface area contributed by atoms with Gasteiger partial charge in [-0.2, -0.15) is 0 Å². The SMILES string of the molecule is CCN1CCCCC(N)C1c1ccc(C2CC2C)o1. The van der Waals surface area contributed by atoms with Crippen LogP contribution in [0.5, 0.6) is 0 Å². The van der Waals surface area contributed by atoms with Gasteiger partial charge in [0.25, 0.3) is 0 Å². The fourth-order valence-corrected chi connectivity index (χ4v) is 3.45. The Bertz CT molecular complexity index is 428. The molecule has 2 N–H and O–H groups in total. The van der Waals surface area contributed by atoms with Gasteiger partial charge in [0, 0.05) is 12.0 Å². The second-order valence-corrected chi connectivity index (χ2v) is 6.29. The molecule has 1 aromatic rings. The van der Waals surface area contributed by atoms with Gasteiger partial charge in [0.2, 0.25) is 0 Å². The smallest absolute Gasteiger partial charge is 0.122 e. The molecule has 0 aromatic carbocycles. The minimum Gasteiger partial charge on any atom is -0.464 e. The Hall–Kier alpha value is -0.800. The lowest BCUT2D eigenvalue weighted by Crippen LogP contribution is -2.39. The van der Waals surface area contributed by atoms with Crippen LogP contribution in [0.25, 0.3) is 0 Å². The summed E-state index contributed by atoms with van der Waals surface area (Å²) >= 11 is 0. The maximum atomic E-state index is 6.40. The lowest BCUT2D eigenvalue weighted by atomic mass is 10.0. The van der Waals surface area contributed by atoms with E-state index in [4.69, 9.17) is 10.2 Å². The van der Waals surface area contributed by atoms with Gasteiger partial charge in [-0.3, -0.25) is 4.90 Å². The number of nitrogens with two attached hydrogens (primary N) is 1. The first kappa shape index (κ1) is 13.2. The molecule has 2 fully saturated rings. The van der Waals surface area contributed by atoms with Crippen LogP contribution in [0.4, 0.5) is 0 Å². The van der Waals surface area contributed by atoms with Crippen molar-refractivity contribution < 1.29 is 4.42 Å². The molecule has 0 amide bonds. The third-order valence-corrected chi connectivity index (χ3v) is 4.85. The van der Waals surface area contributed by atoms with E-state index in [-0.39, 0.29) is 12.1 Å². The van der Waals surface area contributed by atoms with Gasteiger partial charge in [-0.05, 0) is 50.4 Å². The van der Waals surface area contributed by atoms with E-state index < -0.39 is 0 Å². The summed E-state index contributed by atoms with van der Waals surface area (Å²) in [7, 11) is 0. The van der Waals surface area contributed by atoms with E-state index in [0.29, 0.717) is 5.92 Å².